The fourth-order valence-electron chi connectivity index (χ4n) is 1.88. The second-order valence-corrected chi connectivity index (χ2v) is 4.74. The van der Waals surface area contributed by atoms with Crippen molar-refractivity contribution in [1.82, 2.24) is 0 Å². The molecule has 0 aromatic heterocycles. The lowest BCUT2D eigenvalue weighted by atomic mass is 9.96. The molecule has 0 saturated heterocycles. The van der Waals surface area contributed by atoms with Crippen LogP contribution in [0.15, 0.2) is 24.3 Å². The van der Waals surface area contributed by atoms with Crippen LogP contribution in [0.2, 0.25) is 0 Å². The van der Waals surface area contributed by atoms with E-state index in [0.717, 1.165) is 5.56 Å². The number of nitrogens with two attached hydrogens (primary N) is 1. The molecule has 96 valence electrons. The summed E-state index contributed by atoms with van der Waals surface area (Å²) in [6.07, 6.45) is 1.35. The molecule has 1 aromatic carbocycles. The molecule has 1 aliphatic carbocycles. The number of hydrogen-bond acceptors (Lipinski definition) is 3. The zero-order chi connectivity index (χ0) is 13.3. The quantitative estimate of drug-likeness (QED) is 0.743. The number of aliphatic carboxylic acids is 1. The number of nitrogens with one attached hydrogen (secondary N) is 1. The van der Waals surface area contributed by atoms with Crippen molar-refractivity contribution in [3.05, 3.63) is 29.8 Å². The molecule has 0 spiro atoms. The highest BCUT2D eigenvalue weighted by molar-refractivity contribution is 5.94. The molecular weight excluding hydrogens is 232 g/mol. The Morgan fingerprint density at radius 2 is 1.89 bits per heavy atom. The van der Waals surface area contributed by atoms with Crippen LogP contribution in [0, 0.1) is 0 Å². The maximum atomic E-state index is 11.4. The first kappa shape index (κ1) is 12.6. The average molecular weight is 248 g/mol. The van der Waals surface area contributed by atoms with Gasteiger partial charge in [-0.1, -0.05) is 12.1 Å². The van der Waals surface area contributed by atoms with E-state index >= 15 is 0 Å². The molecule has 0 aliphatic heterocycles. The van der Waals surface area contributed by atoms with E-state index in [4.69, 9.17) is 10.8 Å². The van der Waals surface area contributed by atoms with Gasteiger partial charge in [0.1, 0.15) is 0 Å². The molecule has 1 fully saturated rings. The SMILES string of the molecule is C[C@@H](N)C(=O)Nc1ccc(C2(C(=O)O)CC2)cc1. The van der Waals surface area contributed by atoms with Crippen LogP contribution in [-0.2, 0) is 15.0 Å². The number of carbonyl (C=O) groups is 2. The van der Waals surface area contributed by atoms with Gasteiger partial charge >= 0.3 is 5.97 Å². The van der Waals surface area contributed by atoms with Crippen molar-refractivity contribution in [2.75, 3.05) is 5.32 Å². The summed E-state index contributed by atoms with van der Waals surface area (Å²) < 4.78 is 0. The number of anilines is 1. The monoisotopic (exact) mass is 248 g/mol. The molecule has 2 rings (SSSR count). The Morgan fingerprint density at radius 1 is 1.33 bits per heavy atom. The lowest BCUT2D eigenvalue weighted by Gasteiger charge is -2.12. The molecule has 1 aromatic rings. The van der Waals surface area contributed by atoms with Crippen LogP contribution in [0.3, 0.4) is 0 Å². The van der Waals surface area contributed by atoms with Gasteiger partial charge in [-0.3, -0.25) is 9.59 Å². The van der Waals surface area contributed by atoms with Crippen molar-refractivity contribution in [2.24, 2.45) is 5.73 Å². The third-order valence-corrected chi connectivity index (χ3v) is 3.28. The second kappa shape index (κ2) is 4.42. The number of hydrogen-bond donors (Lipinski definition) is 3. The molecule has 18 heavy (non-hydrogen) atoms. The van der Waals surface area contributed by atoms with Crippen molar-refractivity contribution in [3.8, 4) is 0 Å². The van der Waals surface area contributed by atoms with Crippen LogP contribution in [0.4, 0.5) is 5.69 Å². The fraction of sp³-hybridized carbons (Fsp3) is 0.385. The summed E-state index contributed by atoms with van der Waals surface area (Å²) in [6.45, 7) is 1.60. The Hall–Kier alpha value is -1.88. The van der Waals surface area contributed by atoms with Gasteiger partial charge in [0.25, 0.3) is 0 Å². The standard InChI is InChI=1S/C13H16N2O3/c1-8(14)11(16)15-10-4-2-9(3-5-10)13(6-7-13)12(17)18/h2-5,8H,6-7,14H2,1H3,(H,15,16)(H,17,18)/t8-/m1/s1. The van der Waals surface area contributed by atoms with E-state index in [-0.39, 0.29) is 5.91 Å². The van der Waals surface area contributed by atoms with Gasteiger partial charge in [-0.15, -0.1) is 0 Å². The third-order valence-electron chi connectivity index (χ3n) is 3.28. The van der Waals surface area contributed by atoms with Crippen molar-refractivity contribution >= 4 is 17.6 Å². The first-order chi connectivity index (χ1) is 8.45. The van der Waals surface area contributed by atoms with Gasteiger partial charge in [0.05, 0.1) is 11.5 Å². The van der Waals surface area contributed by atoms with Crippen LogP contribution in [0.1, 0.15) is 25.3 Å². The van der Waals surface area contributed by atoms with E-state index in [0.29, 0.717) is 18.5 Å². The summed E-state index contributed by atoms with van der Waals surface area (Å²) in [5, 5.41) is 11.8. The minimum Gasteiger partial charge on any atom is -0.481 e. The van der Waals surface area contributed by atoms with Gasteiger partial charge in [0, 0.05) is 5.69 Å². The molecule has 0 unspecified atom stereocenters. The molecule has 1 aliphatic rings. The first-order valence-corrected chi connectivity index (χ1v) is 5.86. The van der Waals surface area contributed by atoms with Gasteiger partial charge in [0.15, 0.2) is 0 Å². The van der Waals surface area contributed by atoms with Crippen molar-refractivity contribution in [2.45, 2.75) is 31.2 Å². The van der Waals surface area contributed by atoms with E-state index < -0.39 is 17.4 Å². The zero-order valence-electron chi connectivity index (χ0n) is 10.1. The number of carboxylic acid groups (broad SMARTS) is 1. The molecule has 4 N–H and O–H groups in total. The Kier molecular flexibility index (Phi) is 3.09. The third kappa shape index (κ3) is 2.22. The van der Waals surface area contributed by atoms with Gasteiger partial charge in [-0.25, -0.2) is 0 Å². The fourth-order valence-corrected chi connectivity index (χ4v) is 1.88. The normalized spacial score (nSPS) is 17.9. The lowest BCUT2D eigenvalue weighted by Crippen LogP contribution is -2.32. The largest absolute Gasteiger partial charge is 0.481 e. The summed E-state index contributed by atoms with van der Waals surface area (Å²) in [6, 6.07) is 6.34. The molecule has 0 radical (unpaired) electrons. The highest BCUT2D eigenvalue weighted by Gasteiger charge is 2.51. The van der Waals surface area contributed by atoms with E-state index in [1.807, 2.05) is 0 Å². The number of amides is 1. The van der Waals surface area contributed by atoms with Crippen molar-refractivity contribution < 1.29 is 14.7 Å². The predicted molar refractivity (Wildman–Crippen MR) is 67.3 cm³/mol. The molecule has 1 atom stereocenters. The summed E-state index contributed by atoms with van der Waals surface area (Å²) in [4.78, 5) is 22.5. The van der Waals surface area contributed by atoms with Crippen LogP contribution in [0.25, 0.3) is 0 Å². The van der Waals surface area contributed by atoms with Crippen molar-refractivity contribution in [1.29, 1.82) is 0 Å². The van der Waals surface area contributed by atoms with E-state index in [1.54, 1.807) is 31.2 Å². The van der Waals surface area contributed by atoms with Crippen LogP contribution in [-0.4, -0.2) is 23.0 Å². The van der Waals surface area contributed by atoms with E-state index in [9.17, 15) is 9.59 Å². The molecule has 0 bridgehead atoms. The first-order valence-electron chi connectivity index (χ1n) is 5.86. The number of benzene rings is 1. The summed E-state index contributed by atoms with van der Waals surface area (Å²) in [5.41, 5.74) is 6.15. The topological polar surface area (TPSA) is 92.4 Å². The Morgan fingerprint density at radius 3 is 2.28 bits per heavy atom. The zero-order valence-corrected chi connectivity index (χ0v) is 10.1. The van der Waals surface area contributed by atoms with Gasteiger partial charge in [0.2, 0.25) is 5.91 Å². The minimum absolute atomic E-state index is 0.262. The molecular formula is C13H16N2O3. The maximum absolute atomic E-state index is 11.4. The number of carbonyl (C=O) groups excluding carboxylic acids is 1. The Balaban J connectivity index is 2.11. The van der Waals surface area contributed by atoms with E-state index in [2.05, 4.69) is 5.32 Å². The number of rotatable bonds is 4. The highest BCUT2D eigenvalue weighted by atomic mass is 16.4. The summed E-state index contributed by atoms with van der Waals surface area (Å²) >= 11 is 0. The minimum atomic E-state index is -0.783. The van der Waals surface area contributed by atoms with Crippen LogP contribution < -0.4 is 11.1 Å². The van der Waals surface area contributed by atoms with Gasteiger partial charge in [-0.05, 0) is 37.5 Å². The Bertz CT molecular complexity index is 476. The molecule has 1 amide bonds. The summed E-state index contributed by atoms with van der Waals surface area (Å²) in [5.74, 6) is -1.04. The van der Waals surface area contributed by atoms with Crippen molar-refractivity contribution in [3.63, 3.8) is 0 Å². The summed E-state index contributed by atoms with van der Waals surface area (Å²) in [7, 11) is 0. The predicted octanol–water partition coefficient (Wildman–Crippen LogP) is 1.09. The van der Waals surface area contributed by atoms with Gasteiger partial charge < -0.3 is 16.2 Å². The van der Waals surface area contributed by atoms with Gasteiger partial charge in [-0.2, -0.15) is 0 Å². The second-order valence-electron chi connectivity index (χ2n) is 4.74. The molecule has 0 heterocycles. The smallest absolute Gasteiger partial charge is 0.314 e. The number of carboxylic acids is 1. The van der Waals surface area contributed by atoms with E-state index in [1.165, 1.54) is 0 Å². The molecule has 1 saturated carbocycles. The maximum Gasteiger partial charge on any atom is 0.314 e. The average Bonchev–Trinajstić information content (AvgIpc) is 3.11. The molecule has 5 heteroatoms. The Labute approximate surface area is 105 Å². The lowest BCUT2D eigenvalue weighted by molar-refractivity contribution is -0.140. The molecule has 5 nitrogen and oxygen atoms in total. The van der Waals surface area contributed by atoms with Crippen LogP contribution >= 0.6 is 0 Å². The van der Waals surface area contributed by atoms with Crippen LogP contribution in [0.5, 0.6) is 0 Å². The highest BCUT2D eigenvalue weighted by Crippen LogP contribution is 2.48.